The molecule has 2 rings (SSSR count). The molecule has 2 aromatic rings. The van der Waals surface area contributed by atoms with E-state index in [1.165, 1.54) is 16.5 Å². The quantitative estimate of drug-likeness (QED) is 0.855. The fourth-order valence-corrected chi connectivity index (χ4v) is 2.47. The number of hydrogen-bond donors (Lipinski definition) is 1. The molecular weight excluding hydrogens is 222 g/mol. The molecule has 1 unspecified atom stereocenters. The molecule has 0 saturated carbocycles. The Bertz CT molecular complexity index is 535. The molecule has 0 aliphatic heterocycles. The maximum absolute atomic E-state index is 6.12. The van der Waals surface area contributed by atoms with Gasteiger partial charge in [0.05, 0.1) is 6.04 Å². The van der Waals surface area contributed by atoms with Gasteiger partial charge in [0.2, 0.25) is 0 Å². The molecule has 0 radical (unpaired) electrons. The van der Waals surface area contributed by atoms with Crippen molar-refractivity contribution in [3.05, 3.63) is 35.1 Å². The summed E-state index contributed by atoms with van der Waals surface area (Å²) in [5, 5.41) is 4.56. The van der Waals surface area contributed by atoms with Crippen molar-refractivity contribution < 1.29 is 4.42 Å². The third kappa shape index (κ3) is 2.17. The lowest BCUT2D eigenvalue weighted by Crippen LogP contribution is -2.14. The van der Waals surface area contributed by atoms with Gasteiger partial charge in [0.1, 0.15) is 11.3 Å². The summed E-state index contributed by atoms with van der Waals surface area (Å²) in [6, 6.07) is 6.88. The number of nitrogens with one attached hydrogen (secondary N) is 1. The van der Waals surface area contributed by atoms with Crippen LogP contribution >= 0.6 is 0 Å². The molecule has 1 aromatic heterocycles. The van der Waals surface area contributed by atoms with Crippen LogP contribution in [0.5, 0.6) is 0 Å². The van der Waals surface area contributed by atoms with Gasteiger partial charge in [-0.1, -0.05) is 32.9 Å². The molecule has 18 heavy (non-hydrogen) atoms. The Labute approximate surface area is 109 Å². The zero-order valence-corrected chi connectivity index (χ0v) is 12.0. The van der Waals surface area contributed by atoms with E-state index in [0.717, 1.165) is 17.8 Å². The summed E-state index contributed by atoms with van der Waals surface area (Å²) in [4.78, 5) is 0. The van der Waals surface area contributed by atoms with E-state index in [-0.39, 0.29) is 0 Å². The second-order valence-electron chi connectivity index (χ2n) is 5.27. The van der Waals surface area contributed by atoms with E-state index in [1.807, 2.05) is 7.05 Å². The van der Waals surface area contributed by atoms with Crippen molar-refractivity contribution in [3.63, 3.8) is 0 Å². The van der Waals surface area contributed by atoms with Gasteiger partial charge < -0.3 is 9.73 Å². The van der Waals surface area contributed by atoms with Crippen LogP contribution in [0, 0.1) is 6.92 Å². The molecule has 98 valence electrons. The molecule has 1 heterocycles. The Morgan fingerprint density at radius 2 is 2.00 bits per heavy atom. The summed E-state index contributed by atoms with van der Waals surface area (Å²) >= 11 is 0. The third-order valence-corrected chi connectivity index (χ3v) is 3.67. The van der Waals surface area contributed by atoms with Gasteiger partial charge >= 0.3 is 0 Å². The van der Waals surface area contributed by atoms with E-state index in [1.54, 1.807) is 0 Å². The fourth-order valence-electron chi connectivity index (χ4n) is 2.47. The van der Waals surface area contributed by atoms with E-state index in [4.69, 9.17) is 4.42 Å². The van der Waals surface area contributed by atoms with Crippen LogP contribution in [0.4, 0.5) is 0 Å². The van der Waals surface area contributed by atoms with Crippen LogP contribution in [0.25, 0.3) is 11.0 Å². The molecule has 0 bridgehead atoms. The maximum Gasteiger partial charge on any atom is 0.138 e. The first kappa shape index (κ1) is 13.2. The second kappa shape index (κ2) is 5.15. The Kier molecular flexibility index (Phi) is 3.76. The Morgan fingerprint density at radius 3 is 2.56 bits per heavy atom. The molecule has 0 saturated heterocycles. The van der Waals surface area contributed by atoms with E-state index in [0.29, 0.717) is 12.0 Å². The lowest BCUT2D eigenvalue weighted by molar-refractivity contribution is 0.442. The van der Waals surface area contributed by atoms with Crippen molar-refractivity contribution in [3.8, 4) is 0 Å². The van der Waals surface area contributed by atoms with E-state index < -0.39 is 0 Å². The van der Waals surface area contributed by atoms with Crippen molar-refractivity contribution in [1.82, 2.24) is 5.32 Å². The van der Waals surface area contributed by atoms with Gasteiger partial charge in [-0.3, -0.25) is 0 Å². The Morgan fingerprint density at radius 1 is 1.28 bits per heavy atom. The van der Waals surface area contributed by atoms with Crippen molar-refractivity contribution in [2.75, 3.05) is 7.05 Å². The van der Waals surface area contributed by atoms with E-state index >= 15 is 0 Å². The van der Waals surface area contributed by atoms with Gasteiger partial charge in [-0.15, -0.1) is 0 Å². The molecule has 2 heteroatoms. The van der Waals surface area contributed by atoms with Crippen molar-refractivity contribution in [2.45, 2.75) is 46.1 Å². The van der Waals surface area contributed by atoms with Crippen LogP contribution in [-0.2, 0) is 0 Å². The number of aryl methyl sites for hydroxylation is 1. The highest BCUT2D eigenvalue weighted by Crippen LogP contribution is 2.33. The number of benzene rings is 1. The lowest BCUT2D eigenvalue weighted by atomic mass is 9.99. The molecule has 1 atom stereocenters. The van der Waals surface area contributed by atoms with E-state index in [9.17, 15) is 0 Å². The zero-order valence-electron chi connectivity index (χ0n) is 12.0. The van der Waals surface area contributed by atoms with Crippen LogP contribution < -0.4 is 5.32 Å². The van der Waals surface area contributed by atoms with Crippen LogP contribution in [-0.4, -0.2) is 7.05 Å². The molecule has 0 amide bonds. The Hall–Kier alpha value is -1.28. The minimum absolute atomic E-state index is 0.303. The average Bonchev–Trinajstić information content (AvgIpc) is 2.76. The van der Waals surface area contributed by atoms with Gasteiger partial charge in [0.15, 0.2) is 0 Å². The van der Waals surface area contributed by atoms with E-state index in [2.05, 4.69) is 51.2 Å². The summed E-state index contributed by atoms with van der Waals surface area (Å²) < 4.78 is 6.12. The molecule has 2 nitrogen and oxygen atoms in total. The summed E-state index contributed by atoms with van der Waals surface area (Å²) in [7, 11) is 1.98. The van der Waals surface area contributed by atoms with Crippen LogP contribution in [0.1, 0.15) is 56.0 Å². The minimum Gasteiger partial charge on any atom is -0.459 e. The van der Waals surface area contributed by atoms with Gasteiger partial charge in [-0.05, 0) is 43.5 Å². The lowest BCUT2D eigenvalue weighted by Gasteiger charge is -2.10. The largest absolute Gasteiger partial charge is 0.459 e. The predicted octanol–water partition coefficient (Wildman–Crippen LogP) is 4.54. The zero-order chi connectivity index (χ0) is 13.3. The first-order chi connectivity index (χ1) is 8.58. The first-order valence-corrected chi connectivity index (χ1v) is 6.78. The van der Waals surface area contributed by atoms with Crippen LogP contribution in [0.15, 0.2) is 22.6 Å². The van der Waals surface area contributed by atoms with Gasteiger partial charge in [0.25, 0.3) is 0 Å². The second-order valence-corrected chi connectivity index (χ2v) is 5.27. The van der Waals surface area contributed by atoms with Crippen molar-refractivity contribution >= 4 is 11.0 Å². The molecule has 1 aromatic carbocycles. The molecule has 0 aliphatic rings. The third-order valence-electron chi connectivity index (χ3n) is 3.67. The molecule has 1 N–H and O–H groups in total. The topological polar surface area (TPSA) is 25.2 Å². The molecule has 0 aliphatic carbocycles. The number of hydrogen-bond acceptors (Lipinski definition) is 2. The highest BCUT2D eigenvalue weighted by atomic mass is 16.3. The maximum atomic E-state index is 6.12. The minimum atomic E-state index is 0.303. The van der Waals surface area contributed by atoms with Crippen LogP contribution in [0.3, 0.4) is 0 Å². The van der Waals surface area contributed by atoms with Gasteiger partial charge in [-0.25, -0.2) is 0 Å². The average molecular weight is 245 g/mol. The first-order valence-electron chi connectivity index (χ1n) is 6.78. The predicted molar refractivity (Wildman–Crippen MR) is 77.1 cm³/mol. The summed E-state index contributed by atoms with van der Waals surface area (Å²) in [5.74, 6) is 1.54. The standard InChI is InChI=1S/C16H23NO/c1-6-14(17-5)15-9-13-11(4)7-8-12(10(2)3)16(13)18-15/h7-10,14,17H,6H2,1-5H3. The molecular formula is C16H23NO. The number of rotatable bonds is 4. The smallest absolute Gasteiger partial charge is 0.138 e. The molecule has 0 fully saturated rings. The number of fused-ring (bicyclic) bond motifs is 1. The Balaban J connectivity index is 2.62. The summed E-state index contributed by atoms with van der Waals surface area (Å²) in [6.07, 6.45) is 1.03. The normalized spacial score (nSPS) is 13.4. The van der Waals surface area contributed by atoms with Crippen LogP contribution in [0.2, 0.25) is 0 Å². The summed E-state index contributed by atoms with van der Waals surface area (Å²) in [6.45, 7) is 8.74. The molecule has 0 spiro atoms. The fraction of sp³-hybridized carbons (Fsp3) is 0.500. The SMILES string of the molecule is CCC(NC)c1cc2c(C)ccc(C(C)C)c2o1. The van der Waals surface area contributed by atoms with Gasteiger partial charge in [0, 0.05) is 5.39 Å². The monoisotopic (exact) mass is 245 g/mol. The number of furan rings is 1. The van der Waals surface area contributed by atoms with Gasteiger partial charge in [-0.2, -0.15) is 0 Å². The highest BCUT2D eigenvalue weighted by Gasteiger charge is 2.16. The summed E-state index contributed by atoms with van der Waals surface area (Å²) in [5.41, 5.74) is 3.65. The van der Waals surface area contributed by atoms with Crippen molar-refractivity contribution in [1.29, 1.82) is 0 Å². The van der Waals surface area contributed by atoms with Crippen molar-refractivity contribution in [2.24, 2.45) is 0 Å². The highest BCUT2D eigenvalue weighted by molar-refractivity contribution is 5.85.